The average Bonchev–Trinajstić information content (AvgIpc) is 2.76. The number of carbonyl (C=O) groups excluding carboxylic acids is 1. The van der Waals surface area contributed by atoms with E-state index in [2.05, 4.69) is 41.8 Å². The van der Waals surface area contributed by atoms with Gasteiger partial charge in [0.25, 0.3) is 0 Å². The lowest BCUT2D eigenvalue weighted by molar-refractivity contribution is 0.122. The fourth-order valence-corrected chi connectivity index (χ4v) is 4.27. The van der Waals surface area contributed by atoms with E-state index in [0.717, 1.165) is 43.7 Å². The second-order valence-corrected chi connectivity index (χ2v) is 7.90. The molecule has 29 heavy (non-hydrogen) atoms. The predicted molar refractivity (Wildman–Crippen MR) is 114 cm³/mol. The van der Waals surface area contributed by atoms with Crippen molar-refractivity contribution in [1.82, 2.24) is 9.80 Å². The fraction of sp³-hybridized carbons (Fsp3) is 0.333. The Hall–Kier alpha value is -3.10. The minimum atomic E-state index is 0.0222. The van der Waals surface area contributed by atoms with Crippen LogP contribution in [-0.4, -0.2) is 48.1 Å². The Morgan fingerprint density at radius 1 is 1.03 bits per heavy atom. The SMILES string of the molecule is C=C1CN(c2cccc(C#N)c2)C(=O)N(C2CCN(Cc3ccccc3)CC2)C1. The van der Waals surface area contributed by atoms with Crippen LogP contribution in [0.25, 0.3) is 0 Å². The first-order chi connectivity index (χ1) is 14.1. The van der Waals surface area contributed by atoms with E-state index in [9.17, 15) is 10.1 Å². The Morgan fingerprint density at radius 3 is 2.52 bits per heavy atom. The molecule has 2 aliphatic rings. The average molecular weight is 386 g/mol. The Kier molecular flexibility index (Phi) is 5.64. The smallest absolute Gasteiger partial charge is 0.317 e. The standard InChI is InChI=1S/C24H26N4O/c1-19-16-27(24(29)28(17-19)23-9-5-8-21(14-23)15-25)22-10-12-26(13-11-22)18-20-6-3-2-4-7-20/h2-9,14,22H,1,10-13,16-18H2. The number of benzene rings is 2. The zero-order valence-electron chi connectivity index (χ0n) is 16.6. The van der Waals surface area contributed by atoms with Gasteiger partial charge in [-0.1, -0.05) is 43.0 Å². The van der Waals surface area contributed by atoms with Crippen LogP contribution < -0.4 is 4.90 Å². The molecule has 148 valence electrons. The molecule has 2 aliphatic heterocycles. The predicted octanol–water partition coefficient (Wildman–Crippen LogP) is 4.02. The molecule has 0 aliphatic carbocycles. The third-order valence-electron chi connectivity index (χ3n) is 5.79. The monoisotopic (exact) mass is 386 g/mol. The zero-order chi connectivity index (χ0) is 20.2. The van der Waals surface area contributed by atoms with Crippen molar-refractivity contribution in [3.8, 4) is 6.07 Å². The van der Waals surface area contributed by atoms with Gasteiger partial charge in [0.15, 0.2) is 0 Å². The molecule has 2 amide bonds. The molecule has 0 bridgehead atoms. The molecule has 0 spiro atoms. The Bertz CT molecular complexity index is 925. The summed E-state index contributed by atoms with van der Waals surface area (Å²) in [5.74, 6) is 0. The van der Waals surface area contributed by atoms with Gasteiger partial charge in [-0.2, -0.15) is 5.26 Å². The highest BCUT2D eigenvalue weighted by atomic mass is 16.2. The number of likely N-dealkylation sites (tertiary alicyclic amines) is 1. The molecule has 0 saturated carbocycles. The number of nitrogens with zero attached hydrogens (tertiary/aromatic N) is 4. The second kappa shape index (κ2) is 8.50. The van der Waals surface area contributed by atoms with Crippen LogP contribution in [0.1, 0.15) is 24.0 Å². The molecule has 0 radical (unpaired) electrons. The number of carbonyl (C=O) groups is 1. The molecular weight excluding hydrogens is 360 g/mol. The van der Waals surface area contributed by atoms with Gasteiger partial charge < -0.3 is 4.90 Å². The van der Waals surface area contributed by atoms with Gasteiger partial charge in [0.05, 0.1) is 18.2 Å². The quantitative estimate of drug-likeness (QED) is 0.746. The molecule has 2 heterocycles. The number of urea groups is 1. The van der Waals surface area contributed by atoms with Crippen LogP contribution in [0.5, 0.6) is 0 Å². The van der Waals surface area contributed by atoms with E-state index < -0.39 is 0 Å². The molecule has 2 aromatic carbocycles. The Balaban J connectivity index is 1.42. The van der Waals surface area contributed by atoms with Crippen molar-refractivity contribution in [3.05, 3.63) is 77.9 Å². The molecule has 0 atom stereocenters. The fourth-order valence-electron chi connectivity index (χ4n) is 4.27. The summed E-state index contributed by atoms with van der Waals surface area (Å²) in [7, 11) is 0. The van der Waals surface area contributed by atoms with Gasteiger partial charge in [0.2, 0.25) is 0 Å². The third-order valence-corrected chi connectivity index (χ3v) is 5.79. The van der Waals surface area contributed by atoms with Gasteiger partial charge in [-0.05, 0) is 42.2 Å². The summed E-state index contributed by atoms with van der Waals surface area (Å²) in [5.41, 5.74) is 3.68. The highest BCUT2D eigenvalue weighted by molar-refractivity contribution is 5.94. The number of amides is 2. The normalized spacial score (nSPS) is 18.7. The van der Waals surface area contributed by atoms with E-state index in [1.165, 1.54) is 5.56 Å². The van der Waals surface area contributed by atoms with Crippen LogP contribution in [0, 0.1) is 11.3 Å². The summed E-state index contributed by atoms with van der Waals surface area (Å²) < 4.78 is 0. The summed E-state index contributed by atoms with van der Waals surface area (Å²) >= 11 is 0. The Morgan fingerprint density at radius 2 is 1.79 bits per heavy atom. The number of hydrogen-bond donors (Lipinski definition) is 0. The van der Waals surface area contributed by atoms with Crippen molar-refractivity contribution in [2.75, 3.05) is 31.1 Å². The molecule has 4 rings (SSSR count). The molecule has 5 nitrogen and oxygen atoms in total. The van der Waals surface area contributed by atoms with E-state index in [0.29, 0.717) is 18.7 Å². The van der Waals surface area contributed by atoms with Crippen molar-refractivity contribution in [3.63, 3.8) is 0 Å². The summed E-state index contributed by atoms with van der Waals surface area (Å²) in [6, 6.07) is 20.2. The second-order valence-electron chi connectivity index (χ2n) is 7.90. The van der Waals surface area contributed by atoms with Gasteiger partial charge in [0, 0.05) is 37.9 Å². The van der Waals surface area contributed by atoms with Crippen molar-refractivity contribution >= 4 is 11.7 Å². The summed E-state index contributed by atoms with van der Waals surface area (Å²) in [6.45, 7) is 8.24. The molecule has 2 saturated heterocycles. The molecule has 2 fully saturated rings. The van der Waals surface area contributed by atoms with E-state index in [-0.39, 0.29) is 12.1 Å². The number of piperidine rings is 1. The minimum absolute atomic E-state index is 0.0222. The highest BCUT2D eigenvalue weighted by Gasteiger charge is 2.35. The summed E-state index contributed by atoms with van der Waals surface area (Å²) in [4.78, 5) is 19.4. The topological polar surface area (TPSA) is 50.6 Å². The van der Waals surface area contributed by atoms with Crippen LogP contribution in [-0.2, 0) is 6.54 Å². The molecule has 5 heteroatoms. The van der Waals surface area contributed by atoms with Crippen molar-refractivity contribution < 1.29 is 4.79 Å². The number of hydrogen-bond acceptors (Lipinski definition) is 3. The summed E-state index contributed by atoms with van der Waals surface area (Å²) in [5, 5.41) is 9.18. The van der Waals surface area contributed by atoms with E-state index in [1.54, 1.807) is 17.0 Å². The van der Waals surface area contributed by atoms with Crippen molar-refractivity contribution in [2.45, 2.75) is 25.4 Å². The van der Waals surface area contributed by atoms with Gasteiger partial charge in [-0.15, -0.1) is 0 Å². The Labute approximate surface area is 172 Å². The molecule has 0 N–H and O–H groups in total. The number of nitriles is 1. The largest absolute Gasteiger partial charge is 0.325 e. The number of anilines is 1. The first-order valence-electron chi connectivity index (χ1n) is 10.2. The van der Waals surface area contributed by atoms with Gasteiger partial charge in [0.1, 0.15) is 0 Å². The molecule has 0 aromatic heterocycles. The minimum Gasteiger partial charge on any atom is -0.317 e. The first kappa shape index (κ1) is 19.2. The van der Waals surface area contributed by atoms with Crippen LogP contribution in [0.4, 0.5) is 10.5 Å². The lowest BCUT2D eigenvalue weighted by Gasteiger charge is -2.44. The van der Waals surface area contributed by atoms with Crippen molar-refractivity contribution in [1.29, 1.82) is 5.26 Å². The van der Waals surface area contributed by atoms with E-state index in [4.69, 9.17) is 0 Å². The van der Waals surface area contributed by atoms with E-state index >= 15 is 0 Å². The molecule has 0 unspecified atom stereocenters. The maximum Gasteiger partial charge on any atom is 0.325 e. The zero-order valence-corrected chi connectivity index (χ0v) is 16.6. The van der Waals surface area contributed by atoms with Gasteiger partial charge in [-0.25, -0.2) is 4.79 Å². The maximum atomic E-state index is 13.3. The highest BCUT2D eigenvalue weighted by Crippen LogP contribution is 2.27. The lowest BCUT2D eigenvalue weighted by Crippen LogP contribution is -2.56. The van der Waals surface area contributed by atoms with Crippen LogP contribution >= 0.6 is 0 Å². The van der Waals surface area contributed by atoms with Crippen LogP contribution in [0.2, 0.25) is 0 Å². The first-order valence-corrected chi connectivity index (χ1v) is 10.2. The molecular formula is C24H26N4O. The van der Waals surface area contributed by atoms with Crippen LogP contribution in [0.3, 0.4) is 0 Å². The lowest BCUT2D eigenvalue weighted by atomic mass is 10.0. The van der Waals surface area contributed by atoms with Crippen molar-refractivity contribution in [2.24, 2.45) is 0 Å². The number of rotatable bonds is 4. The van der Waals surface area contributed by atoms with Gasteiger partial charge in [-0.3, -0.25) is 9.80 Å². The summed E-state index contributed by atoms with van der Waals surface area (Å²) in [6.07, 6.45) is 1.94. The molecule has 2 aromatic rings. The van der Waals surface area contributed by atoms with Crippen LogP contribution in [0.15, 0.2) is 66.7 Å². The third kappa shape index (κ3) is 4.33. The van der Waals surface area contributed by atoms with E-state index in [1.807, 2.05) is 23.1 Å². The maximum absolute atomic E-state index is 13.3. The van der Waals surface area contributed by atoms with Gasteiger partial charge >= 0.3 is 6.03 Å².